The van der Waals surface area contributed by atoms with Crippen LogP contribution in [0.25, 0.3) is 0 Å². The molecule has 0 aromatic heterocycles. The zero-order valence-corrected chi connectivity index (χ0v) is 55.1. The summed E-state index contributed by atoms with van der Waals surface area (Å²) in [5, 5.41) is 120. The van der Waals surface area contributed by atoms with Crippen molar-refractivity contribution in [1.29, 1.82) is 0 Å². The van der Waals surface area contributed by atoms with Crippen molar-refractivity contribution >= 4 is 5.91 Å². The minimum Gasteiger partial charge on any atom is -0.394 e. The fourth-order valence-electron chi connectivity index (χ4n) is 10.0. The molecular formula is C74H115NO18. The second-order valence-electron chi connectivity index (χ2n) is 23.2. The van der Waals surface area contributed by atoms with Crippen LogP contribution in [0.5, 0.6) is 0 Å². The van der Waals surface area contributed by atoms with E-state index in [0.717, 1.165) is 122 Å². The number of aliphatic hydroxyl groups is 11. The molecule has 17 atom stereocenters. The molecule has 93 heavy (non-hydrogen) atoms. The third kappa shape index (κ3) is 35.1. The molecule has 19 heteroatoms. The number of hydrogen-bond acceptors (Lipinski definition) is 18. The van der Waals surface area contributed by atoms with Crippen molar-refractivity contribution in [1.82, 2.24) is 5.32 Å². The Bertz CT molecular complexity index is 2350. The zero-order valence-electron chi connectivity index (χ0n) is 55.1. The van der Waals surface area contributed by atoms with Crippen molar-refractivity contribution < 1.29 is 89.4 Å². The van der Waals surface area contributed by atoms with Gasteiger partial charge in [-0.05, 0) is 122 Å². The van der Waals surface area contributed by atoms with E-state index in [0.29, 0.717) is 12.8 Å². The van der Waals surface area contributed by atoms with Crippen molar-refractivity contribution in [3.63, 3.8) is 0 Å². The highest BCUT2D eigenvalue weighted by Crippen LogP contribution is 2.33. The Balaban J connectivity index is 1.36. The Morgan fingerprint density at radius 3 is 1.16 bits per heavy atom. The van der Waals surface area contributed by atoms with Gasteiger partial charge in [-0.2, -0.15) is 0 Å². The summed E-state index contributed by atoms with van der Waals surface area (Å²) in [5.41, 5.74) is 0. The topological polar surface area (TPSA) is 307 Å². The minimum atomic E-state index is -1.99. The number of allylic oxidation sites excluding steroid dienone is 27. The smallest absolute Gasteiger partial charge is 0.220 e. The van der Waals surface area contributed by atoms with E-state index in [-0.39, 0.29) is 12.3 Å². The van der Waals surface area contributed by atoms with Crippen molar-refractivity contribution in [2.75, 3.05) is 26.4 Å². The highest BCUT2D eigenvalue weighted by Gasteiger charge is 2.53. The molecule has 3 fully saturated rings. The molecule has 19 nitrogen and oxygen atoms in total. The monoisotopic (exact) mass is 1310 g/mol. The van der Waals surface area contributed by atoms with Gasteiger partial charge < -0.3 is 89.9 Å². The van der Waals surface area contributed by atoms with Gasteiger partial charge in [-0.3, -0.25) is 4.79 Å². The normalized spacial score (nSPS) is 28.6. The van der Waals surface area contributed by atoms with Gasteiger partial charge in [0.15, 0.2) is 18.9 Å². The molecule has 3 saturated heterocycles. The predicted octanol–water partition coefficient (Wildman–Crippen LogP) is 8.71. The first-order valence-electron chi connectivity index (χ1n) is 33.9. The van der Waals surface area contributed by atoms with Crippen LogP contribution < -0.4 is 5.32 Å². The summed E-state index contributed by atoms with van der Waals surface area (Å²) in [4.78, 5) is 13.3. The molecule has 3 rings (SSSR count). The average Bonchev–Trinajstić information content (AvgIpc) is 0.828. The molecule has 0 radical (unpaired) electrons. The van der Waals surface area contributed by atoms with E-state index in [4.69, 9.17) is 28.4 Å². The van der Waals surface area contributed by atoms with Crippen LogP contribution in [0.4, 0.5) is 0 Å². The van der Waals surface area contributed by atoms with E-state index in [1.807, 2.05) is 0 Å². The second kappa shape index (κ2) is 53.3. The van der Waals surface area contributed by atoms with E-state index in [2.05, 4.69) is 177 Å². The number of unbranched alkanes of at least 4 members (excludes halogenated alkanes) is 6. The summed E-state index contributed by atoms with van der Waals surface area (Å²) >= 11 is 0. The number of amides is 1. The predicted molar refractivity (Wildman–Crippen MR) is 364 cm³/mol. The molecule has 0 aliphatic carbocycles. The van der Waals surface area contributed by atoms with Crippen molar-refractivity contribution in [2.45, 2.75) is 259 Å². The van der Waals surface area contributed by atoms with Crippen LogP contribution in [-0.2, 0) is 33.2 Å². The summed E-state index contributed by atoms with van der Waals surface area (Å²) in [6, 6.07) is -1.02. The Labute approximate surface area is 554 Å². The number of hydrogen-bond donors (Lipinski definition) is 12. The molecule has 0 aromatic carbocycles. The largest absolute Gasteiger partial charge is 0.394 e. The number of nitrogens with one attached hydrogen (secondary N) is 1. The van der Waals surface area contributed by atoms with E-state index in [1.165, 1.54) is 0 Å². The van der Waals surface area contributed by atoms with Crippen LogP contribution in [0.2, 0.25) is 0 Å². The van der Waals surface area contributed by atoms with Gasteiger partial charge in [-0.15, -0.1) is 0 Å². The molecule has 0 spiro atoms. The zero-order chi connectivity index (χ0) is 67.5. The van der Waals surface area contributed by atoms with Crippen LogP contribution in [-0.4, -0.2) is 193 Å². The van der Waals surface area contributed by atoms with Gasteiger partial charge in [0.05, 0.1) is 38.6 Å². The summed E-state index contributed by atoms with van der Waals surface area (Å²) in [6.07, 6.45) is 52.4. The van der Waals surface area contributed by atoms with Crippen molar-refractivity contribution in [3.05, 3.63) is 170 Å². The molecule has 0 bridgehead atoms. The lowest BCUT2D eigenvalue weighted by molar-refractivity contribution is -0.379. The average molecular weight is 1310 g/mol. The highest BCUT2D eigenvalue weighted by molar-refractivity contribution is 5.76. The summed E-state index contributed by atoms with van der Waals surface area (Å²) < 4.78 is 34.1. The summed E-state index contributed by atoms with van der Waals surface area (Å²) in [7, 11) is 0. The maximum Gasteiger partial charge on any atom is 0.220 e. The van der Waals surface area contributed by atoms with Gasteiger partial charge in [0, 0.05) is 6.42 Å². The minimum absolute atomic E-state index is 0.167. The summed E-state index contributed by atoms with van der Waals surface area (Å²) in [5.74, 6) is -0.340. The third-order valence-corrected chi connectivity index (χ3v) is 15.5. The molecule has 3 aliphatic heterocycles. The molecule has 524 valence electrons. The van der Waals surface area contributed by atoms with Gasteiger partial charge in [-0.1, -0.05) is 197 Å². The maximum atomic E-state index is 13.3. The number of carbonyl (C=O) groups excluding carboxylic acids is 1. The summed E-state index contributed by atoms with van der Waals surface area (Å²) in [6.45, 7) is 1.45. The van der Waals surface area contributed by atoms with E-state index in [1.54, 1.807) is 12.2 Å². The molecule has 0 aromatic rings. The standard InChI is InChI=1S/C74H115NO18/c1-3-5-7-9-11-13-14-15-16-17-18-19-20-21-22-23-24-25-26-27-28-29-30-31-32-33-34-35-36-37-38-39-40-41-42-44-46-48-50-52-62(80)75-57(58(79)51-49-47-45-43-12-10-8-6-4-2)56-88-72-68(86)65(83)70(60(54-77)90-72)93-74-69(87)66(84)71(61(55-78)91-74)92-73-67(85)64(82)63(81)59(53-76)89-73/h5,7,11-13,15-16,18-19,21-22,24-25,27-28,30-31,33-34,36-37,39-40,42-44,49,51,57-61,63-74,76-79,81-87H,3-4,6,8-10,14,17,20,23,26,29,32,35,38,41,45-48,50,52-56H2,1-2H3,(H,75,80)/b7-5-,13-11-,16-15-,19-18-,22-21-,25-24-,28-27-,31-30-,34-33-,37-36-,40-39-,43-12+,44-42-,51-49+. The van der Waals surface area contributed by atoms with E-state index < -0.39 is 131 Å². The fraction of sp³-hybridized carbons (Fsp3) is 0.608. The fourth-order valence-corrected chi connectivity index (χ4v) is 10.0. The van der Waals surface area contributed by atoms with E-state index >= 15 is 0 Å². The lowest BCUT2D eigenvalue weighted by atomic mass is 9.96. The number of aliphatic hydroxyl groups excluding tert-OH is 11. The lowest BCUT2D eigenvalue weighted by Crippen LogP contribution is -2.66. The Hall–Kier alpha value is -4.85. The molecule has 3 heterocycles. The molecule has 0 saturated carbocycles. The van der Waals surface area contributed by atoms with Gasteiger partial charge in [0.25, 0.3) is 0 Å². The van der Waals surface area contributed by atoms with Gasteiger partial charge in [0.2, 0.25) is 5.91 Å². The SMILES string of the molecule is CC/C=C\C/C=C\C/C=C\C/C=C\C/C=C\C/C=C\C/C=C\C/C=C\C/C=C\C/C=C\C/C=C\C/C=C\CCCCC(=O)NC(COC1OC(CO)C(OC2OC(CO)C(OC3OC(CO)C(O)C(O)C3O)C(O)C2O)C(O)C1O)C(O)/C=C/CC/C=C/CCCCC. The Morgan fingerprint density at radius 1 is 0.398 bits per heavy atom. The van der Waals surface area contributed by atoms with Crippen LogP contribution in [0, 0.1) is 0 Å². The number of carbonyl (C=O) groups is 1. The lowest BCUT2D eigenvalue weighted by Gasteiger charge is -2.48. The number of rotatable bonds is 48. The van der Waals surface area contributed by atoms with E-state index in [9.17, 15) is 61.0 Å². The first-order valence-corrected chi connectivity index (χ1v) is 33.9. The highest BCUT2D eigenvalue weighted by atomic mass is 16.8. The molecule has 17 unspecified atom stereocenters. The Morgan fingerprint density at radius 2 is 0.742 bits per heavy atom. The van der Waals surface area contributed by atoms with Crippen molar-refractivity contribution in [3.8, 4) is 0 Å². The van der Waals surface area contributed by atoms with Crippen LogP contribution in [0.3, 0.4) is 0 Å². The van der Waals surface area contributed by atoms with Crippen LogP contribution in [0.15, 0.2) is 170 Å². The first-order chi connectivity index (χ1) is 45.3. The Kier molecular flexibility index (Phi) is 47.2. The number of ether oxygens (including phenoxy) is 6. The molecule has 1 amide bonds. The van der Waals surface area contributed by atoms with Crippen molar-refractivity contribution in [2.24, 2.45) is 0 Å². The van der Waals surface area contributed by atoms with Gasteiger partial charge >= 0.3 is 0 Å². The third-order valence-electron chi connectivity index (χ3n) is 15.5. The second-order valence-corrected chi connectivity index (χ2v) is 23.2. The molecular weight excluding hydrogens is 1190 g/mol. The maximum absolute atomic E-state index is 13.3. The van der Waals surface area contributed by atoms with Crippen LogP contribution in [0.1, 0.15) is 155 Å². The van der Waals surface area contributed by atoms with Crippen LogP contribution >= 0.6 is 0 Å². The molecule has 12 N–H and O–H groups in total. The quantitative estimate of drug-likeness (QED) is 0.0200. The van der Waals surface area contributed by atoms with Gasteiger partial charge in [-0.25, -0.2) is 0 Å². The first kappa shape index (κ1) is 82.4. The van der Waals surface area contributed by atoms with Gasteiger partial charge in [0.1, 0.15) is 73.2 Å². The molecule has 3 aliphatic rings.